The van der Waals surface area contributed by atoms with E-state index in [0.29, 0.717) is 19.4 Å². The third kappa shape index (κ3) is 4.89. The average Bonchev–Trinajstić information content (AvgIpc) is 2.38. The van der Waals surface area contributed by atoms with E-state index in [-0.39, 0.29) is 24.8 Å². The maximum Gasteiger partial charge on any atom is 0.307 e. The molecule has 0 bridgehead atoms. The van der Waals surface area contributed by atoms with Crippen LogP contribution in [-0.4, -0.2) is 36.0 Å². The fourth-order valence-electron chi connectivity index (χ4n) is 2.46. The highest BCUT2D eigenvalue weighted by molar-refractivity contribution is 5.85. The summed E-state index contributed by atoms with van der Waals surface area (Å²) in [4.78, 5) is 34.3. The van der Waals surface area contributed by atoms with Crippen molar-refractivity contribution in [2.24, 2.45) is 11.8 Å². The van der Waals surface area contributed by atoms with Crippen LogP contribution in [0.3, 0.4) is 0 Å². The van der Waals surface area contributed by atoms with Crippen LogP contribution in [0, 0.1) is 11.8 Å². The van der Waals surface area contributed by atoms with Crippen LogP contribution in [0.1, 0.15) is 39.0 Å². The first-order valence-electron chi connectivity index (χ1n) is 6.83. The Bertz CT molecular complexity index is 344. The molecule has 2 amide bonds. The third-order valence-electron chi connectivity index (χ3n) is 3.45. The van der Waals surface area contributed by atoms with Gasteiger partial charge >= 0.3 is 5.97 Å². The minimum Gasteiger partial charge on any atom is -0.481 e. The van der Waals surface area contributed by atoms with Crippen LogP contribution in [-0.2, 0) is 14.4 Å². The summed E-state index contributed by atoms with van der Waals surface area (Å²) in [5, 5.41) is 14.4. The van der Waals surface area contributed by atoms with Gasteiger partial charge < -0.3 is 15.7 Å². The van der Waals surface area contributed by atoms with Crippen LogP contribution in [0.15, 0.2) is 0 Å². The van der Waals surface area contributed by atoms with Gasteiger partial charge in [0.25, 0.3) is 0 Å². The number of carbonyl (C=O) groups is 3. The Labute approximate surface area is 112 Å². The number of carboxylic acid groups (broad SMARTS) is 1. The van der Waals surface area contributed by atoms with E-state index in [2.05, 4.69) is 10.6 Å². The molecular formula is C13H22N2O4. The summed E-state index contributed by atoms with van der Waals surface area (Å²) in [6.07, 6.45) is 3.15. The van der Waals surface area contributed by atoms with Gasteiger partial charge in [0.05, 0.1) is 11.8 Å². The highest BCUT2D eigenvalue weighted by Crippen LogP contribution is 2.30. The number of carboxylic acids is 1. The van der Waals surface area contributed by atoms with Gasteiger partial charge in [0.15, 0.2) is 0 Å². The number of hydrogen-bond acceptors (Lipinski definition) is 3. The summed E-state index contributed by atoms with van der Waals surface area (Å²) in [7, 11) is 0. The Morgan fingerprint density at radius 2 is 1.74 bits per heavy atom. The number of hydrogen-bond donors (Lipinski definition) is 3. The second-order valence-electron chi connectivity index (χ2n) is 4.83. The van der Waals surface area contributed by atoms with Gasteiger partial charge in [-0.1, -0.05) is 12.8 Å². The molecule has 2 unspecified atom stereocenters. The van der Waals surface area contributed by atoms with Crippen molar-refractivity contribution >= 4 is 17.8 Å². The molecule has 19 heavy (non-hydrogen) atoms. The van der Waals surface area contributed by atoms with Crippen molar-refractivity contribution in [2.45, 2.75) is 39.0 Å². The monoisotopic (exact) mass is 270 g/mol. The van der Waals surface area contributed by atoms with Crippen molar-refractivity contribution in [3.05, 3.63) is 0 Å². The van der Waals surface area contributed by atoms with Crippen molar-refractivity contribution in [1.29, 1.82) is 0 Å². The molecule has 0 aromatic rings. The normalized spacial score (nSPS) is 22.6. The zero-order valence-corrected chi connectivity index (χ0v) is 11.3. The quantitative estimate of drug-likeness (QED) is 0.655. The van der Waals surface area contributed by atoms with E-state index >= 15 is 0 Å². The van der Waals surface area contributed by atoms with E-state index in [4.69, 9.17) is 5.11 Å². The van der Waals surface area contributed by atoms with E-state index in [0.717, 1.165) is 12.8 Å². The molecule has 0 saturated heterocycles. The van der Waals surface area contributed by atoms with E-state index in [1.54, 1.807) is 0 Å². The fourth-order valence-corrected chi connectivity index (χ4v) is 2.46. The second-order valence-corrected chi connectivity index (χ2v) is 4.83. The molecule has 6 heteroatoms. The lowest BCUT2D eigenvalue weighted by Crippen LogP contribution is -2.41. The van der Waals surface area contributed by atoms with Crippen molar-refractivity contribution in [3.63, 3.8) is 0 Å². The first-order valence-corrected chi connectivity index (χ1v) is 6.83. The van der Waals surface area contributed by atoms with Gasteiger partial charge in [0.2, 0.25) is 11.8 Å². The summed E-state index contributed by atoms with van der Waals surface area (Å²) in [6.45, 7) is 2.65. The van der Waals surface area contributed by atoms with Gasteiger partial charge in [-0.3, -0.25) is 14.4 Å². The van der Waals surface area contributed by atoms with Crippen molar-refractivity contribution in [1.82, 2.24) is 10.6 Å². The van der Waals surface area contributed by atoms with Crippen LogP contribution in [0.5, 0.6) is 0 Å². The van der Waals surface area contributed by atoms with Crippen LogP contribution < -0.4 is 10.6 Å². The lowest BCUT2D eigenvalue weighted by atomic mass is 9.78. The first-order chi connectivity index (χ1) is 9.06. The largest absolute Gasteiger partial charge is 0.481 e. The summed E-state index contributed by atoms with van der Waals surface area (Å²) in [5.41, 5.74) is 0. The highest BCUT2D eigenvalue weighted by Gasteiger charge is 2.35. The second kappa shape index (κ2) is 7.76. The lowest BCUT2D eigenvalue weighted by Gasteiger charge is -2.27. The van der Waals surface area contributed by atoms with Crippen LogP contribution in [0.2, 0.25) is 0 Å². The molecule has 0 aromatic carbocycles. The number of aliphatic carboxylic acids is 1. The topological polar surface area (TPSA) is 95.5 Å². The van der Waals surface area contributed by atoms with Gasteiger partial charge in [-0.15, -0.1) is 0 Å². The average molecular weight is 270 g/mol. The van der Waals surface area contributed by atoms with Gasteiger partial charge in [-0.05, 0) is 19.8 Å². The molecular weight excluding hydrogens is 248 g/mol. The zero-order chi connectivity index (χ0) is 14.3. The molecule has 1 saturated carbocycles. The number of carbonyl (C=O) groups excluding carboxylic acids is 2. The lowest BCUT2D eigenvalue weighted by molar-refractivity contribution is -0.149. The fraction of sp³-hybridized carbons (Fsp3) is 0.769. The Hall–Kier alpha value is -1.59. The summed E-state index contributed by atoms with van der Waals surface area (Å²) < 4.78 is 0. The Balaban J connectivity index is 2.38. The molecule has 6 nitrogen and oxygen atoms in total. The molecule has 0 heterocycles. The highest BCUT2D eigenvalue weighted by atomic mass is 16.4. The SMILES string of the molecule is CCNC(=O)CCNC(=O)C1CCCCC1C(=O)O. The van der Waals surface area contributed by atoms with Crippen molar-refractivity contribution in [2.75, 3.05) is 13.1 Å². The van der Waals surface area contributed by atoms with E-state index in [1.807, 2.05) is 6.92 Å². The minimum atomic E-state index is -0.899. The summed E-state index contributed by atoms with van der Waals surface area (Å²) >= 11 is 0. The third-order valence-corrected chi connectivity index (χ3v) is 3.45. The molecule has 1 aliphatic carbocycles. The molecule has 1 fully saturated rings. The number of nitrogens with one attached hydrogen (secondary N) is 2. The van der Waals surface area contributed by atoms with E-state index in [1.165, 1.54) is 0 Å². The van der Waals surface area contributed by atoms with E-state index < -0.39 is 17.8 Å². The molecule has 2 atom stereocenters. The molecule has 108 valence electrons. The first kappa shape index (κ1) is 15.5. The zero-order valence-electron chi connectivity index (χ0n) is 11.3. The van der Waals surface area contributed by atoms with Gasteiger partial charge in [-0.2, -0.15) is 0 Å². The number of rotatable bonds is 6. The predicted molar refractivity (Wildman–Crippen MR) is 69.4 cm³/mol. The van der Waals surface area contributed by atoms with Crippen molar-refractivity contribution < 1.29 is 19.5 Å². The van der Waals surface area contributed by atoms with Crippen molar-refractivity contribution in [3.8, 4) is 0 Å². The summed E-state index contributed by atoms with van der Waals surface area (Å²) in [5.74, 6) is -2.29. The molecule has 1 rings (SSSR count). The molecule has 0 aliphatic heterocycles. The summed E-state index contributed by atoms with van der Waals surface area (Å²) in [6, 6.07) is 0. The maximum absolute atomic E-state index is 11.9. The molecule has 3 N–H and O–H groups in total. The van der Waals surface area contributed by atoms with Crippen LogP contribution in [0.25, 0.3) is 0 Å². The minimum absolute atomic E-state index is 0.110. The Kier molecular flexibility index (Phi) is 6.32. The molecule has 0 spiro atoms. The molecule has 0 radical (unpaired) electrons. The van der Waals surface area contributed by atoms with Gasteiger partial charge in [0.1, 0.15) is 0 Å². The Morgan fingerprint density at radius 3 is 2.32 bits per heavy atom. The van der Waals surface area contributed by atoms with Gasteiger partial charge in [0, 0.05) is 19.5 Å². The predicted octanol–water partition coefficient (Wildman–Crippen LogP) is 0.520. The maximum atomic E-state index is 11.9. The Morgan fingerprint density at radius 1 is 1.11 bits per heavy atom. The van der Waals surface area contributed by atoms with Crippen LogP contribution in [0.4, 0.5) is 0 Å². The van der Waals surface area contributed by atoms with Crippen LogP contribution >= 0.6 is 0 Å². The molecule has 1 aliphatic rings. The molecule has 0 aromatic heterocycles. The van der Waals surface area contributed by atoms with E-state index in [9.17, 15) is 14.4 Å². The van der Waals surface area contributed by atoms with Gasteiger partial charge in [-0.25, -0.2) is 0 Å². The standard InChI is InChI=1S/C13H22N2O4/c1-2-14-11(16)7-8-15-12(17)9-5-3-4-6-10(9)13(18)19/h9-10H,2-8H2,1H3,(H,14,16)(H,15,17)(H,18,19). The number of amides is 2. The smallest absolute Gasteiger partial charge is 0.307 e.